The van der Waals surface area contributed by atoms with Gasteiger partial charge in [-0.3, -0.25) is 0 Å². The van der Waals surface area contributed by atoms with Crippen LogP contribution >= 0.6 is 11.6 Å². The van der Waals surface area contributed by atoms with Gasteiger partial charge in [-0.05, 0) is 46.7 Å². The lowest BCUT2D eigenvalue weighted by Gasteiger charge is -2.19. The first-order valence-electron chi connectivity index (χ1n) is 9.62. The summed E-state index contributed by atoms with van der Waals surface area (Å²) in [5.74, 6) is 0.501. The van der Waals surface area contributed by atoms with E-state index in [2.05, 4.69) is 76.3 Å². The van der Waals surface area contributed by atoms with Crippen LogP contribution in [0, 0.1) is 0 Å². The van der Waals surface area contributed by atoms with Gasteiger partial charge in [0, 0.05) is 29.4 Å². The molecule has 5 rings (SSSR count). The summed E-state index contributed by atoms with van der Waals surface area (Å²) in [6.07, 6.45) is 6.94. The van der Waals surface area contributed by atoms with E-state index in [0.29, 0.717) is 5.92 Å². The first-order chi connectivity index (χ1) is 13.7. The van der Waals surface area contributed by atoms with Crippen molar-refractivity contribution in [1.82, 2.24) is 9.55 Å². The zero-order valence-electron chi connectivity index (χ0n) is 15.5. The highest BCUT2D eigenvalue weighted by atomic mass is 35.5. The molecule has 0 bridgehead atoms. The van der Waals surface area contributed by atoms with E-state index in [1.807, 2.05) is 30.9 Å². The Bertz CT molecular complexity index is 1050. The van der Waals surface area contributed by atoms with Crippen molar-refractivity contribution in [1.29, 1.82) is 0 Å². The Morgan fingerprint density at radius 2 is 1.61 bits per heavy atom. The molecule has 1 saturated carbocycles. The topological polar surface area (TPSA) is 17.8 Å². The monoisotopic (exact) mass is 384 g/mol. The lowest BCUT2D eigenvalue weighted by Crippen LogP contribution is -2.17. The van der Waals surface area contributed by atoms with Crippen molar-refractivity contribution in [2.45, 2.75) is 24.3 Å². The Balaban J connectivity index is 1.46. The molecule has 3 heteroatoms. The molecule has 3 aromatic carbocycles. The van der Waals surface area contributed by atoms with E-state index in [-0.39, 0.29) is 5.41 Å². The molecular weight excluding hydrogens is 364 g/mol. The third-order valence-corrected chi connectivity index (χ3v) is 6.19. The van der Waals surface area contributed by atoms with E-state index in [4.69, 9.17) is 11.6 Å². The van der Waals surface area contributed by atoms with Crippen molar-refractivity contribution in [2.75, 3.05) is 0 Å². The minimum atomic E-state index is 0.0968. The molecule has 0 radical (unpaired) electrons. The summed E-state index contributed by atoms with van der Waals surface area (Å²) in [5, 5.41) is 0.783. The fourth-order valence-corrected chi connectivity index (χ4v) is 4.48. The maximum Gasteiger partial charge on any atom is 0.0946 e. The summed E-state index contributed by atoms with van der Waals surface area (Å²) in [4.78, 5) is 4.23. The van der Waals surface area contributed by atoms with E-state index in [9.17, 15) is 0 Å². The van der Waals surface area contributed by atoms with Gasteiger partial charge in [-0.25, -0.2) is 4.98 Å². The summed E-state index contributed by atoms with van der Waals surface area (Å²) in [5.41, 5.74) is 5.36. The molecule has 0 saturated heterocycles. The van der Waals surface area contributed by atoms with Crippen LogP contribution in [0.1, 0.15) is 23.5 Å². The summed E-state index contributed by atoms with van der Waals surface area (Å²) in [6, 6.07) is 28.0. The smallest absolute Gasteiger partial charge is 0.0946 e. The molecule has 138 valence electrons. The molecule has 28 heavy (non-hydrogen) atoms. The first kappa shape index (κ1) is 17.3. The quantitative estimate of drug-likeness (QED) is 0.393. The van der Waals surface area contributed by atoms with E-state index < -0.39 is 0 Å². The predicted octanol–water partition coefficient (Wildman–Crippen LogP) is 6.33. The van der Waals surface area contributed by atoms with Crippen LogP contribution in [0.2, 0.25) is 5.02 Å². The molecule has 1 aromatic heterocycles. The predicted molar refractivity (Wildman–Crippen MR) is 115 cm³/mol. The zero-order chi connectivity index (χ0) is 19.0. The molecule has 1 aliphatic rings. The second kappa shape index (κ2) is 6.96. The number of halogens is 1. The molecule has 0 amide bonds. The van der Waals surface area contributed by atoms with Crippen molar-refractivity contribution < 1.29 is 0 Å². The van der Waals surface area contributed by atoms with Crippen LogP contribution in [0.4, 0.5) is 0 Å². The lowest BCUT2D eigenvalue weighted by molar-refractivity contribution is 0.532. The minimum Gasteiger partial charge on any atom is -0.337 e. The Labute approximate surface area is 170 Å². The molecule has 1 aliphatic carbocycles. The van der Waals surface area contributed by atoms with Crippen LogP contribution in [0.5, 0.6) is 0 Å². The average Bonchev–Trinajstić information content (AvgIpc) is 3.23. The van der Waals surface area contributed by atoms with Crippen molar-refractivity contribution in [2.24, 2.45) is 0 Å². The van der Waals surface area contributed by atoms with Crippen molar-refractivity contribution in [3.05, 3.63) is 114 Å². The molecule has 0 N–H and O–H groups in total. The summed E-state index contributed by atoms with van der Waals surface area (Å²) < 4.78 is 2.19. The third-order valence-electron chi connectivity index (χ3n) is 5.94. The van der Waals surface area contributed by atoms with E-state index in [0.717, 1.165) is 18.0 Å². The van der Waals surface area contributed by atoms with Crippen molar-refractivity contribution in [3.8, 4) is 11.1 Å². The molecular formula is C25H21ClN2. The Kier molecular flexibility index (Phi) is 4.29. The maximum atomic E-state index is 6.14. The number of nitrogens with zero attached hydrogens (tertiary/aromatic N) is 2. The Morgan fingerprint density at radius 3 is 2.29 bits per heavy atom. The molecule has 4 aromatic rings. The minimum absolute atomic E-state index is 0.0968. The van der Waals surface area contributed by atoms with E-state index in [1.54, 1.807) is 0 Å². The van der Waals surface area contributed by atoms with Gasteiger partial charge in [0.1, 0.15) is 0 Å². The largest absolute Gasteiger partial charge is 0.337 e. The average molecular weight is 385 g/mol. The van der Waals surface area contributed by atoms with Gasteiger partial charge in [0.05, 0.1) is 6.33 Å². The Hall–Kier alpha value is -2.84. The van der Waals surface area contributed by atoms with Crippen LogP contribution < -0.4 is 0 Å². The molecule has 2 nitrogen and oxygen atoms in total. The standard InChI is InChI=1S/C25H21ClN2/c26-23-12-10-22(11-13-23)25(17-28-15-14-27-18-28)16-24(25)21-8-6-20(7-9-21)19-4-2-1-3-5-19/h1-15,18,24H,16-17H2. The van der Waals surface area contributed by atoms with E-state index >= 15 is 0 Å². The van der Waals surface area contributed by atoms with Crippen LogP contribution in [0.25, 0.3) is 11.1 Å². The van der Waals surface area contributed by atoms with Gasteiger partial charge in [-0.15, -0.1) is 0 Å². The van der Waals surface area contributed by atoms with Crippen LogP contribution in [0.15, 0.2) is 97.6 Å². The number of aromatic nitrogens is 2. The van der Waals surface area contributed by atoms with Gasteiger partial charge in [0.25, 0.3) is 0 Å². The normalized spacial score (nSPS) is 20.8. The van der Waals surface area contributed by atoms with Crippen LogP contribution in [-0.2, 0) is 12.0 Å². The van der Waals surface area contributed by atoms with E-state index in [1.165, 1.54) is 22.3 Å². The van der Waals surface area contributed by atoms with Crippen LogP contribution in [-0.4, -0.2) is 9.55 Å². The summed E-state index contributed by atoms with van der Waals surface area (Å²) >= 11 is 6.14. The molecule has 1 fully saturated rings. The second-order valence-corrected chi connectivity index (χ2v) is 8.08. The zero-order valence-corrected chi connectivity index (χ0v) is 16.3. The lowest BCUT2D eigenvalue weighted by atomic mass is 9.90. The van der Waals surface area contributed by atoms with Gasteiger partial charge >= 0.3 is 0 Å². The number of hydrogen-bond acceptors (Lipinski definition) is 1. The Morgan fingerprint density at radius 1 is 0.893 bits per heavy atom. The fraction of sp³-hybridized carbons (Fsp3) is 0.160. The van der Waals surface area contributed by atoms with Crippen molar-refractivity contribution in [3.63, 3.8) is 0 Å². The molecule has 2 atom stereocenters. The number of benzene rings is 3. The van der Waals surface area contributed by atoms with Gasteiger partial charge < -0.3 is 4.57 Å². The third kappa shape index (κ3) is 3.14. The summed E-state index contributed by atoms with van der Waals surface area (Å²) in [6.45, 7) is 0.930. The second-order valence-electron chi connectivity index (χ2n) is 7.64. The number of rotatable bonds is 5. The highest BCUT2D eigenvalue weighted by Gasteiger charge is 2.55. The van der Waals surface area contributed by atoms with Gasteiger partial charge in [-0.2, -0.15) is 0 Å². The van der Waals surface area contributed by atoms with Gasteiger partial charge in [0.15, 0.2) is 0 Å². The van der Waals surface area contributed by atoms with Crippen LogP contribution in [0.3, 0.4) is 0 Å². The maximum absolute atomic E-state index is 6.14. The molecule has 0 aliphatic heterocycles. The number of imidazole rings is 1. The first-order valence-corrected chi connectivity index (χ1v) is 10.00. The highest BCUT2D eigenvalue weighted by molar-refractivity contribution is 6.30. The summed E-state index contributed by atoms with van der Waals surface area (Å²) in [7, 11) is 0. The number of hydrogen-bond donors (Lipinski definition) is 0. The molecule has 2 unspecified atom stereocenters. The molecule has 0 spiro atoms. The fourth-order valence-electron chi connectivity index (χ4n) is 4.35. The van der Waals surface area contributed by atoms with Gasteiger partial charge in [-0.1, -0.05) is 78.3 Å². The molecule has 1 heterocycles. The highest BCUT2D eigenvalue weighted by Crippen LogP contribution is 2.61. The van der Waals surface area contributed by atoms with Gasteiger partial charge in [0.2, 0.25) is 0 Å². The van der Waals surface area contributed by atoms with Crippen molar-refractivity contribution >= 4 is 11.6 Å². The SMILES string of the molecule is Clc1ccc(C2(Cn3ccnc3)CC2c2ccc(-c3ccccc3)cc2)cc1.